The first-order valence-electron chi connectivity index (χ1n) is 6.47. The van der Waals surface area contributed by atoms with E-state index in [1.165, 1.54) is 18.2 Å². The normalized spacial score (nSPS) is 13.8. The van der Waals surface area contributed by atoms with Gasteiger partial charge in [-0.1, -0.05) is 6.07 Å². The summed E-state index contributed by atoms with van der Waals surface area (Å²) in [7, 11) is 0. The van der Waals surface area contributed by atoms with Crippen LogP contribution in [0.1, 0.15) is 34.9 Å². The number of halogens is 2. The molecule has 0 bridgehead atoms. The molecule has 1 heterocycles. The van der Waals surface area contributed by atoms with E-state index in [-0.39, 0.29) is 17.2 Å². The summed E-state index contributed by atoms with van der Waals surface area (Å²) in [4.78, 5) is 12.4. The number of rotatable bonds is 3. The van der Waals surface area contributed by atoms with Crippen LogP contribution in [0.4, 0.5) is 10.1 Å². The van der Waals surface area contributed by atoms with Crippen LogP contribution < -0.4 is 5.32 Å². The number of benzene rings is 1. The lowest BCUT2D eigenvalue weighted by atomic mass is 10.2. The summed E-state index contributed by atoms with van der Waals surface area (Å²) >= 11 is 3.36. The van der Waals surface area contributed by atoms with Gasteiger partial charge in [0.2, 0.25) is 0 Å². The van der Waals surface area contributed by atoms with Crippen LogP contribution in [0.15, 0.2) is 34.9 Å². The van der Waals surface area contributed by atoms with Gasteiger partial charge in [-0.15, -0.1) is 0 Å². The molecule has 0 aliphatic heterocycles. The van der Waals surface area contributed by atoms with E-state index >= 15 is 0 Å². The molecule has 1 N–H and O–H groups in total. The summed E-state index contributed by atoms with van der Waals surface area (Å²) in [5.74, 6) is -0.997. The van der Waals surface area contributed by atoms with Gasteiger partial charge in [0.1, 0.15) is 23.1 Å². The average molecular weight is 348 g/mol. The highest BCUT2D eigenvalue weighted by Crippen LogP contribution is 2.37. The van der Waals surface area contributed by atoms with E-state index < -0.39 is 5.82 Å². The minimum atomic E-state index is -0.644. The van der Waals surface area contributed by atoms with Gasteiger partial charge in [0.15, 0.2) is 0 Å². The van der Waals surface area contributed by atoms with Gasteiger partial charge in [0.05, 0.1) is 5.69 Å². The smallest absolute Gasteiger partial charge is 0.272 e. The zero-order valence-corrected chi connectivity index (χ0v) is 12.5. The van der Waals surface area contributed by atoms with Crippen LogP contribution in [0.5, 0.6) is 0 Å². The second-order valence-electron chi connectivity index (χ2n) is 4.91. The molecule has 1 aliphatic carbocycles. The molecule has 0 atom stereocenters. The van der Waals surface area contributed by atoms with Crippen molar-refractivity contribution < 1.29 is 9.18 Å². The van der Waals surface area contributed by atoms with Crippen molar-refractivity contribution in [1.29, 1.82) is 5.26 Å². The summed E-state index contributed by atoms with van der Waals surface area (Å²) in [6, 6.07) is 8.00. The monoisotopic (exact) mass is 347 g/mol. The maximum atomic E-state index is 13.5. The minimum absolute atomic E-state index is 0.158. The molecular weight excluding hydrogens is 337 g/mol. The van der Waals surface area contributed by atoms with Gasteiger partial charge in [0, 0.05) is 16.7 Å². The second-order valence-corrected chi connectivity index (χ2v) is 5.83. The second kappa shape index (κ2) is 5.34. The number of carbonyl (C=O) groups is 1. The highest BCUT2D eigenvalue weighted by molar-refractivity contribution is 9.10. The number of nitrogens with zero attached hydrogens (tertiary/aromatic N) is 2. The van der Waals surface area contributed by atoms with E-state index in [1.807, 2.05) is 10.8 Å². The highest BCUT2D eigenvalue weighted by Gasteiger charge is 2.28. The van der Waals surface area contributed by atoms with Crippen LogP contribution in [0.25, 0.3) is 0 Å². The molecule has 1 saturated carbocycles. The maximum absolute atomic E-state index is 13.5. The molecule has 0 unspecified atom stereocenters. The van der Waals surface area contributed by atoms with Gasteiger partial charge >= 0.3 is 0 Å². The van der Waals surface area contributed by atoms with E-state index in [2.05, 4.69) is 21.2 Å². The Morgan fingerprint density at radius 1 is 1.48 bits per heavy atom. The van der Waals surface area contributed by atoms with Crippen molar-refractivity contribution in [3.63, 3.8) is 0 Å². The zero-order chi connectivity index (χ0) is 15.0. The van der Waals surface area contributed by atoms with Crippen molar-refractivity contribution in [2.45, 2.75) is 18.9 Å². The summed E-state index contributed by atoms with van der Waals surface area (Å²) in [6.45, 7) is 0. The molecule has 1 fully saturated rings. The van der Waals surface area contributed by atoms with Gasteiger partial charge in [0.25, 0.3) is 5.91 Å². The molecule has 0 spiro atoms. The number of carbonyl (C=O) groups excluding carboxylic acids is 1. The molecule has 0 radical (unpaired) electrons. The Morgan fingerprint density at radius 3 is 2.90 bits per heavy atom. The summed E-state index contributed by atoms with van der Waals surface area (Å²) in [5, 5.41) is 11.6. The number of amides is 1. The van der Waals surface area contributed by atoms with Gasteiger partial charge < -0.3 is 9.88 Å². The lowest BCUT2D eigenvalue weighted by Gasteiger charge is -2.10. The van der Waals surface area contributed by atoms with E-state index in [4.69, 9.17) is 5.26 Å². The maximum Gasteiger partial charge on any atom is 0.272 e. The van der Waals surface area contributed by atoms with Crippen LogP contribution in [-0.2, 0) is 0 Å². The Morgan fingerprint density at radius 2 is 2.24 bits per heavy atom. The van der Waals surface area contributed by atoms with Crippen molar-refractivity contribution in [2.24, 2.45) is 0 Å². The highest BCUT2D eigenvalue weighted by atomic mass is 79.9. The molecule has 1 amide bonds. The number of nitrogens with one attached hydrogen (secondary N) is 1. The van der Waals surface area contributed by atoms with Gasteiger partial charge in [-0.2, -0.15) is 5.26 Å². The Balaban J connectivity index is 1.91. The third-order valence-electron chi connectivity index (χ3n) is 3.36. The van der Waals surface area contributed by atoms with Crippen LogP contribution >= 0.6 is 15.9 Å². The van der Waals surface area contributed by atoms with Crippen molar-refractivity contribution in [3.05, 3.63) is 52.0 Å². The van der Waals surface area contributed by atoms with Crippen LogP contribution in [-0.4, -0.2) is 10.5 Å². The SMILES string of the molecule is N#Cc1c(F)cccc1NC(=O)c1cc(Br)cn1C1CC1. The first-order valence-corrected chi connectivity index (χ1v) is 7.27. The number of aromatic nitrogens is 1. The molecule has 4 nitrogen and oxygen atoms in total. The minimum Gasteiger partial charge on any atom is -0.339 e. The lowest BCUT2D eigenvalue weighted by molar-refractivity contribution is 0.101. The fraction of sp³-hybridized carbons (Fsp3) is 0.200. The van der Waals surface area contributed by atoms with E-state index in [9.17, 15) is 9.18 Å². The van der Waals surface area contributed by atoms with Crippen molar-refractivity contribution >= 4 is 27.5 Å². The third-order valence-corrected chi connectivity index (χ3v) is 3.80. The quantitative estimate of drug-likeness (QED) is 0.916. The zero-order valence-electron chi connectivity index (χ0n) is 10.9. The van der Waals surface area contributed by atoms with Crippen molar-refractivity contribution in [1.82, 2.24) is 4.57 Å². The molecule has 6 heteroatoms. The fourth-order valence-electron chi connectivity index (χ4n) is 2.21. The van der Waals surface area contributed by atoms with Crippen molar-refractivity contribution in [3.8, 4) is 6.07 Å². The fourth-order valence-corrected chi connectivity index (χ4v) is 2.65. The standard InChI is InChI=1S/C15H11BrFN3O/c16-9-6-14(20(8-9)10-4-5-10)15(21)19-13-3-1-2-12(17)11(13)7-18/h1-3,6,8,10H,4-5H2,(H,19,21). The Hall–Kier alpha value is -2.13. The predicted octanol–water partition coefficient (Wildman–Crippen LogP) is 3.85. The molecule has 1 aliphatic rings. The Kier molecular flexibility index (Phi) is 3.52. The average Bonchev–Trinajstić information content (AvgIpc) is 3.21. The molecular formula is C15H11BrFN3O. The van der Waals surface area contributed by atoms with Crippen LogP contribution in [0.2, 0.25) is 0 Å². The molecule has 1 aromatic carbocycles. The summed E-state index contributed by atoms with van der Waals surface area (Å²) in [5.41, 5.74) is 0.522. The van der Waals surface area contributed by atoms with Gasteiger partial charge in [-0.25, -0.2) is 4.39 Å². The van der Waals surface area contributed by atoms with Crippen LogP contribution in [0, 0.1) is 17.1 Å². The number of hydrogen-bond donors (Lipinski definition) is 1. The van der Waals surface area contributed by atoms with Crippen LogP contribution in [0.3, 0.4) is 0 Å². The molecule has 21 heavy (non-hydrogen) atoms. The Labute approximate surface area is 129 Å². The first kappa shape index (κ1) is 13.8. The number of hydrogen-bond acceptors (Lipinski definition) is 2. The molecule has 106 valence electrons. The lowest BCUT2D eigenvalue weighted by Crippen LogP contribution is -2.17. The molecule has 3 rings (SSSR count). The molecule has 1 aromatic heterocycles. The largest absolute Gasteiger partial charge is 0.339 e. The number of anilines is 1. The topological polar surface area (TPSA) is 57.8 Å². The van der Waals surface area contributed by atoms with Gasteiger partial charge in [-0.3, -0.25) is 4.79 Å². The summed E-state index contributed by atoms with van der Waals surface area (Å²) in [6.07, 6.45) is 3.96. The molecule has 0 saturated heterocycles. The van der Waals surface area contributed by atoms with E-state index in [0.29, 0.717) is 11.7 Å². The van der Waals surface area contributed by atoms with E-state index in [1.54, 1.807) is 12.1 Å². The third kappa shape index (κ3) is 2.69. The first-order chi connectivity index (χ1) is 10.1. The summed E-state index contributed by atoms with van der Waals surface area (Å²) < 4.78 is 16.3. The van der Waals surface area contributed by atoms with E-state index in [0.717, 1.165) is 17.3 Å². The van der Waals surface area contributed by atoms with Gasteiger partial charge in [-0.05, 0) is 47.0 Å². The predicted molar refractivity (Wildman–Crippen MR) is 79.5 cm³/mol. The Bertz CT molecular complexity index is 759. The molecule has 2 aromatic rings. The van der Waals surface area contributed by atoms with Crippen molar-refractivity contribution in [2.75, 3.05) is 5.32 Å². The number of nitriles is 1.